The first kappa shape index (κ1) is 27.6. The van der Waals surface area contributed by atoms with Gasteiger partial charge in [0, 0.05) is 11.8 Å². The fraction of sp³-hybridized carbons (Fsp3) is 0.870. The Hall–Kier alpha value is -2.01. The number of alkyl halides is 6. The lowest BCUT2D eigenvalue weighted by Crippen LogP contribution is -2.54. The summed E-state index contributed by atoms with van der Waals surface area (Å²) < 4.78 is 92.7. The second kappa shape index (κ2) is 7.99. The molecule has 0 aromatic carbocycles. The number of esters is 3. The highest BCUT2D eigenvalue weighted by molar-refractivity contribution is 5.86. The summed E-state index contributed by atoms with van der Waals surface area (Å²) in [5.41, 5.74) is -2.31. The molecule has 6 nitrogen and oxygen atoms in total. The topological polar surface area (TPSA) is 78.9 Å². The van der Waals surface area contributed by atoms with E-state index in [-0.39, 0.29) is 6.42 Å². The molecule has 0 aromatic rings. The van der Waals surface area contributed by atoms with Crippen molar-refractivity contribution < 1.29 is 54.9 Å². The summed E-state index contributed by atoms with van der Waals surface area (Å²) in [5.74, 6) is -7.97. The van der Waals surface area contributed by atoms with E-state index in [0.29, 0.717) is 0 Å². The molecule has 0 radical (unpaired) electrons. The number of hydrogen-bond acceptors (Lipinski definition) is 6. The van der Waals surface area contributed by atoms with Gasteiger partial charge in [-0.3, -0.25) is 14.4 Å². The normalized spacial score (nSPS) is 31.1. The zero-order valence-electron chi connectivity index (χ0n) is 20.5. The molecule has 12 heteroatoms. The average Bonchev–Trinajstić information content (AvgIpc) is 3.24. The molecule has 3 rings (SSSR count). The highest BCUT2D eigenvalue weighted by atomic mass is 19.4. The predicted octanol–water partition coefficient (Wildman–Crippen LogP) is 4.84. The minimum absolute atomic E-state index is 0.0727. The molecular weight excluding hydrogens is 486 g/mol. The van der Waals surface area contributed by atoms with Crippen molar-refractivity contribution >= 4 is 17.9 Å². The van der Waals surface area contributed by atoms with Crippen LogP contribution in [0.3, 0.4) is 0 Å². The van der Waals surface area contributed by atoms with Gasteiger partial charge in [-0.25, -0.2) is 0 Å². The molecule has 6 unspecified atom stereocenters. The highest BCUT2D eigenvalue weighted by Gasteiger charge is 2.72. The van der Waals surface area contributed by atoms with Crippen LogP contribution in [0, 0.1) is 39.9 Å². The van der Waals surface area contributed by atoms with Gasteiger partial charge in [-0.2, -0.15) is 26.3 Å². The molecule has 35 heavy (non-hydrogen) atoms. The summed E-state index contributed by atoms with van der Waals surface area (Å²) in [6.07, 6.45) is -18.2. The van der Waals surface area contributed by atoms with Crippen molar-refractivity contribution in [3.8, 4) is 0 Å². The smallest absolute Gasteiger partial charge is 0.434 e. The number of carbonyl (C=O) groups is 3. The van der Waals surface area contributed by atoms with E-state index in [4.69, 9.17) is 9.47 Å². The summed E-state index contributed by atoms with van der Waals surface area (Å²) in [6, 6.07) is 0. The first-order valence-electron chi connectivity index (χ1n) is 11.3. The summed E-state index contributed by atoms with van der Waals surface area (Å²) in [6.45, 7) is 12.7. The van der Waals surface area contributed by atoms with Gasteiger partial charge in [0.05, 0.1) is 17.3 Å². The monoisotopic (exact) mass is 516 g/mol. The van der Waals surface area contributed by atoms with E-state index >= 15 is 0 Å². The summed E-state index contributed by atoms with van der Waals surface area (Å²) in [7, 11) is 0. The maximum Gasteiger partial charge on any atom is 0.434 e. The van der Waals surface area contributed by atoms with Gasteiger partial charge in [0.2, 0.25) is 0 Å². The van der Waals surface area contributed by atoms with E-state index in [1.54, 1.807) is 6.92 Å². The van der Waals surface area contributed by atoms with Crippen molar-refractivity contribution in [1.29, 1.82) is 0 Å². The van der Waals surface area contributed by atoms with Crippen LogP contribution in [0.25, 0.3) is 0 Å². The molecule has 0 amide bonds. The fourth-order valence-electron chi connectivity index (χ4n) is 5.96. The van der Waals surface area contributed by atoms with Gasteiger partial charge in [0.15, 0.2) is 0 Å². The van der Waals surface area contributed by atoms with Gasteiger partial charge >= 0.3 is 30.3 Å². The molecule has 200 valence electrons. The quantitative estimate of drug-likeness (QED) is 0.302. The van der Waals surface area contributed by atoms with Gasteiger partial charge in [-0.1, -0.05) is 41.5 Å². The molecule has 2 aliphatic carbocycles. The van der Waals surface area contributed by atoms with Crippen molar-refractivity contribution in [1.82, 2.24) is 0 Å². The lowest BCUT2D eigenvalue weighted by Gasteiger charge is -2.49. The molecule has 0 spiro atoms. The predicted molar refractivity (Wildman–Crippen MR) is 107 cm³/mol. The van der Waals surface area contributed by atoms with E-state index in [0.717, 1.165) is 0 Å². The van der Waals surface area contributed by atoms with Crippen LogP contribution in [0.5, 0.6) is 0 Å². The maximum atomic E-state index is 13.5. The highest BCUT2D eigenvalue weighted by Crippen LogP contribution is 2.60. The van der Waals surface area contributed by atoms with Gasteiger partial charge in [-0.15, -0.1) is 0 Å². The van der Waals surface area contributed by atoms with Gasteiger partial charge in [-0.05, 0) is 24.2 Å². The van der Waals surface area contributed by atoms with Crippen LogP contribution in [-0.2, 0) is 28.6 Å². The van der Waals surface area contributed by atoms with E-state index in [2.05, 4.69) is 4.74 Å². The Kier molecular flexibility index (Phi) is 6.30. The second-order valence-corrected chi connectivity index (χ2v) is 11.9. The molecule has 0 N–H and O–H groups in total. The van der Waals surface area contributed by atoms with Crippen LogP contribution in [0.1, 0.15) is 54.9 Å². The summed E-state index contributed by atoms with van der Waals surface area (Å²) in [4.78, 5) is 38.6. The number of carbonyl (C=O) groups excluding carboxylic acids is 3. The molecule has 2 saturated carbocycles. The van der Waals surface area contributed by atoms with Crippen LogP contribution in [-0.4, -0.2) is 48.6 Å². The molecule has 3 aliphatic rings. The largest absolute Gasteiger partial charge is 0.458 e. The maximum absolute atomic E-state index is 13.5. The Morgan fingerprint density at radius 3 is 1.80 bits per heavy atom. The number of halogens is 6. The Morgan fingerprint density at radius 2 is 1.37 bits per heavy atom. The second-order valence-electron chi connectivity index (χ2n) is 11.9. The first-order chi connectivity index (χ1) is 15.5. The van der Waals surface area contributed by atoms with Gasteiger partial charge in [0.1, 0.15) is 12.2 Å². The third kappa shape index (κ3) is 4.28. The van der Waals surface area contributed by atoms with Gasteiger partial charge < -0.3 is 14.2 Å². The zero-order chi connectivity index (χ0) is 27.1. The molecule has 6 atom stereocenters. The number of fused-ring (bicyclic) bond motifs is 1. The fourth-order valence-corrected chi connectivity index (χ4v) is 5.96. The van der Waals surface area contributed by atoms with Crippen LogP contribution in [0.4, 0.5) is 26.3 Å². The van der Waals surface area contributed by atoms with E-state index in [1.165, 1.54) is 0 Å². The van der Waals surface area contributed by atoms with Crippen molar-refractivity contribution in [3.63, 3.8) is 0 Å². The lowest BCUT2D eigenvalue weighted by atomic mass is 9.55. The standard InChI is InChI=1S/C23H30F6O6/c1-19(2,3)21(7,20(4,5)6)18(32)34-14-10-8-9-11(15(30)33-13(9)14)12(10)16(31)35-17(22(24,25)26)23(27,28)29/h9-14,17H,8H2,1-7H3. The third-order valence-corrected chi connectivity index (χ3v) is 8.30. The lowest BCUT2D eigenvalue weighted by molar-refractivity contribution is -0.315. The first-order valence-corrected chi connectivity index (χ1v) is 11.3. The minimum atomic E-state index is -5.89. The molecule has 1 saturated heterocycles. The molecule has 1 aliphatic heterocycles. The van der Waals surface area contributed by atoms with Gasteiger partial charge in [0.25, 0.3) is 6.10 Å². The van der Waals surface area contributed by atoms with Crippen LogP contribution in [0.2, 0.25) is 0 Å². The van der Waals surface area contributed by atoms with Crippen molar-refractivity contribution in [3.05, 3.63) is 0 Å². The van der Waals surface area contributed by atoms with Crippen molar-refractivity contribution in [2.75, 3.05) is 0 Å². The average molecular weight is 516 g/mol. The summed E-state index contributed by atoms with van der Waals surface area (Å²) >= 11 is 0. The molecular formula is C23H30F6O6. The number of rotatable bonds is 4. The molecule has 2 bridgehead atoms. The van der Waals surface area contributed by atoms with Crippen molar-refractivity contribution in [2.24, 2.45) is 39.9 Å². The number of hydrogen-bond donors (Lipinski definition) is 0. The van der Waals surface area contributed by atoms with Crippen LogP contribution in [0.15, 0.2) is 0 Å². The number of ether oxygens (including phenoxy) is 3. The van der Waals surface area contributed by atoms with E-state index in [1.807, 2.05) is 41.5 Å². The minimum Gasteiger partial charge on any atom is -0.458 e. The van der Waals surface area contributed by atoms with Crippen molar-refractivity contribution in [2.45, 2.75) is 85.6 Å². The SMILES string of the molecule is CC(C)(C)C(C)(C(=O)OC1C2CC3C1OC(=O)C3C2C(=O)OC(C(F)(F)F)C(F)(F)F)C(C)(C)C. The Balaban J connectivity index is 1.91. The Morgan fingerprint density at radius 1 is 0.886 bits per heavy atom. The summed E-state index contributed by atoms with van der Waals surface area (Å²) in [5, 5.41) is 0. The zero-order valence-corrected chi connectivity index (χ0v) is 20.5. The van der Waals surface area contributed by atoms with Crippen LogP contribution < -0.4 is 0 Å². The third-order valence-electron chi connectivity index (χ3n) is 8.30. The van der Waals surface area contributed by atoms with Crippen LogP contribution >= 0.6 is 0 Å². The van der Waals surface area contributed by atoms with E-state index < -0.39 is 88.5 Å². The Labute approximate surface area is 199 Å². The van der Waals surface area contributed by atoms with E-state index in [9.17, 15) is 40.7 Å². The molecule has 0 aromatic heterocycles. The Bertz CT molecular complexity index is 868. The molecule has 1 heterocycles. The molecule has 3 fully saturated rings.